The second-order valence-corrected chi connectivity index (χ2v) is 6.22. The van der Waals surface area contributed by atoms with Crippen LogP contribution in [0.5, 0.6) is 11.5 Å². The second-order valence-electron chi connectivity index (χ2n) is 6.22. The highest BCUT2D eigenvalue weighted by Crippen LogP contribution is 2.30. The predicted octanol–water partition coefficient (Wildman–Crippen LogP) is 1.19. The summed E-state index contributed by atoms with van der Waals surface area (Å²) in [5.41, 5.74) is 0. The van der Waals surface area contributed by atoms with Crippen molar-refractivity contribution in [3.63, 3.8) is 0 Å². The van der Waals surface area contributed by atoms with Crippen LogP contribution in [0.1, 0.15) is 6.92 Å². The van der Waals surface area contributed by atoms with E-state index in [1.165, 1.54) is 0 Å². The fourth-order valence-corrected chi connectivity index (χ4v) is 3.01. The molecular weight excluding hydrogens is 322 g/mol. The minimum absolute atomic E-state index is 0.0572. The molecule has 2 amide bonds. The molecule has 25 heavy (non-hydrogen) atoms. The number of amides is 2. The molecular formula is C18H27N3O4. The topological polar surface area (TPSA) is 63.3 Å². The van der Waals surface area contributed by atoms with Gasteiger partial charge in [-0.15, -0.1) is 0 Å². The Labute approximate surface area is 148 Å². The molecule has 7 nitrogen and oxygen atoms in total. The predicted molar refractivity (Wildman–Crippen MR) is 94.3 cm³/mol. The number of hydrogen-bond acceptors (Lipinski definition) is 5. The van der Waals surface area contributed by atoms with Crippen LogP contribution in [-0.2, 0) is 4.74 Å². The van der Waals surface area contributed by atoms with Gasteiger partial charge in [-0.2, -0.15) is 0 Å². The van der Waals surface area contributed by atoms with Crippen LogP contribution in [0.15, 0.2) is 24.3 Å². The number of hydrogen-bond donors (Lipinski definition) is 1. The summed E-state index contributed by atoms with van der Waals surface area (Å²) in [7, 11) is 0. The van der Waals surface area contributed by atoms with Crippen LogP contribution >= 0.6 is 0 Å². The average Bonchev–Trinajstić information content (AvgIpc) is 2.66. The quantitative estimate of drug-likeness (QED) is 0.836. The number of morpholine rings is 1. The standard InChI is InChI=1S/C18H27N3O4/c1-2-21(18(22)19-7-8-20-9-11-23-12-10-20)13-15-14-24-16-5-3-4-6-17(16)25-15/h3-6,15H,2,7-14H2,1H3,(H,19,22)/t15-/m1/s1. The van der Waals surface area contributed by atoms with Gasteiger partial charge in [-0.3, -0.25) is 4.90 Å². The molecule has 1 aromatic rings. The Balaban J connectivity index is 1.43. The van der Waals surface area contributed by atoms with Crippen molar-refractivity contribution in [3.8, 4) is 11.5 Å². The van der Waals surface area contributed by atoms with Crippen LogP contribution in [0.25, 0.3) is 0 Å². The van der Waals surface area contributed by atoms with Gasteiger partial charge in [0.15, 0.2) is 17.6 Å². The smallest absolute Gasteiger partial charge is 0.317 e. The van der Waals surface area contributed by atoms with E-state index in [0.717, 1.165) is 44.3 Å². The summed E-state index contributed by atoms with van der Waals surface area (Å²) in [5.74, 6) is 1.50. The molecule has 2 aliphatic heterocycles. The van der Waals surface area contributed by atoms with E-state index < -0.39 is 0 Å². The molecule has 0 bridgehead atoms. The number of likely N-dealkylation sites (N-methyl/N-ethyl adjacent to an activating group) is 1. The highest BCUT2D eigenvalue weighted by Gasteiger charge is 2.24. The summed E-state index contributed by atoms with van der Waals surface area (Å²) in [6.45, 7) is 8.46. The van der Waals surface area contributed by atoms with Crippen LogP contribution < -0.4 is 14.8 Å². The molecule has 1 N–H and O–H groups in total. The van der Waals surface area contributed by atoms with Crippen molar-refractivity contribution in [3.05, 3.63) is 24.3 Å². The number of carbonyl (C=O) groups excluding carboxylic acids is 1. The first-order chi connectivity index (χ1) is 12.3. The lowest BCUT2D eigenvalue weighted by Gasteiger charge is -2.31. The lowest BCUT2D eigenvalue weighted by molar-refractivity contribution is 0.0383. The van der Waals surface area contributed by atoms with E-state index in [1.807, 2.05) is 31.2 Å². The van der Waals surface area contributed by atoms with Gasteiger partial charge in [0.25, 0.3) is 0 Å². The minimum atomic E-state index is -0.153. The maximum Gasteiger partial charge on any atom is 0.317 e. The summed E-state index contributed by atoms with van der Waals surface area (Å²) in [6, 6.07) is 7.56. The Morgan fingerprint density at radius 1 is 1.28 bits per heavy atom. The lowest BCUT2D eigenvalue weighted by Crippen LogP contribution is -2.49. The molecule has 1 fully saturated rings. The first kappa shape index (κ1) is 17.8. The molecule has 1 aromatic carbocycles. The largest absolute Gasteiger partial charge is 0.486 e. The van der Waals surface area contributed by atoms with Crippen molar-refractivity contribution in [1.29, 1.82) is 0 Å². The van der Waals surface area contributed by atoms with Crippen LogP contribution in [-0.4, -0.2) is 81.0 Å². The molecule has 1 atom stereocenters. The molecule has 138 valence electrons. The monoisotopic (exact) mass is 349 g/mol. The van der Waals surface area contributed by atoms with E-state index in [2.05, 4.69) is 10.2 Å². The van der Waals surface area contributed by atoms with E-state index in [4.69, 9.17) is 14.2 Å². The molecule has 7 heteroatoms. The Morgan fingerprint density at radius 3 is 2.80 bits per heavy atom. The maximum absolute atomic E-state index is 12.4. The SMILES string of the molecule is CCN(C[C@@H]1COc2ccccc2O1)C(=O)NCCN1CCOCC1. The van der Waals surface area contributed by atoms with E-state index in [9.17, 15) is 4.79 Å². The van der Waals surface area contributed by atoms with Crippen molar-refractivity contribution < 1.29 is 19.0 Å². The Kier molecular flexibility index (Phi) is 6.36. The number of nitrogens with zero attached hydrogens (tertiary/aromatic N) is 2. The van der Waals surface area contributed by atoms with Gasteiger partial charge in [0.2, 0.25) is 0 Å². The number of benzene rings is 1. The molecule has 0 unspecified atom stereocenters. The Morgan fingerprint density at radius 2 is 2.04 bits per heavy atom. The van der Waals surface area contributed by atoms with Gasteiger partial charge in [-0.25, -0.2) is 4.79 Å². The molecule has 0 radical (unpaired) electrons. The van der Waals surface area contributed by atoms with Crippen molar-refractivity contribution >= 4 is 6.03 Å². The van der Waals surface area contributed by atoms with Gasteiger partial charge in [0.1, 0.15) is 6.61 Å². The molecule has 2 heterocycles. The van der Waals surface area contributed by atoms with Gasteiger partial charge in [-0.05, 0) is 19.1 Å². The molecule has 1 saturated heterocycles. The van der Waals surface area contributed by atoms with Crippen molar-refractivity contribution in [2.45, 2.75) is 13.0 Å². The first-order valence-electron chi connectivity index (χ1n) is 8.97. The third kappa shape index (κ3) is 4.99. The summed E-state index contributed by atoms with van der Waals surface area (Å²) >= 11 is 0. The normalized spacial score (nSPS) is 20.1. The highest BCUT2D eigenvalue weighted by molar-refractivity contribution is 5.74. The van der Waals surface area contributed by atoms with E-state index >= 15 is 0 Å². The van der Waals surface area contributed by atoms with E-state index in [-0.39, 0.29) is 12.1 Å². The second kappa shape index (κ2) is 8.92. The Hall–Kier alpha value is -1.99. The van der Waals surface area contributed by atoms with Crippen molar-refractivity contribution in [1.82, 2.24) is 15.1 Å². The van der Waals surface area contributed by atoms with E-state index in [1.54, 1.807) is 4.90 Å². The lowest BCUT2D eigenvalue weighted by atomic mass is 10.2. The number of para-hydroxylation sites is 2. The molecule has 3 rings (SSSR count). The van der Waals surface area contributed by atoms with Crippen LogP contribution in [0.4, 0.5) is 4.79 Å². The zero-order chi connectivity index (χ0) is 17.5. The number of fused-ring (bicyclic) bond motifs is 1. The third-order valence-electron chi connectivity index (χ3n) is 4.47. The van der Waals surface area contributed by atoms with Crippen LogP contribution in [0.2, 0.25) is 0 Å². The molecule has 0 saturated carbocycles. The molecule has 0 aliphatic carbocycles. The number of ether oxygens (including phenoxy) is 3. The van der Waals surface area contributed by atoms with Gasteiger partial charge >= 0.3 is 6.03 Å². The maximum atomic E-state index is 12.4. The van der Waals surface area contributed by atoms with Gasteiger partial charge < -0.3 is 24.4 Å². The zero-order valence-electron chi connectivity index (χ0n) is 14.8. The fourth-order valence-electron chi connectivity index (χ4n) is 3.01. The van der Waals surface area contributed by atoms with Gasteiger partial charge in [0.05, 0.1) is 19.8 Å². The van der Waals surface area contributed by atoms with Crippen molar-refractivity contribution in [2.75, 3.05) is 59.1 Å². The van der Waals surface area contributed by atoms with Crippen LogP contribution in [0.3, 0.4) is 0 Å². The number of nitrogens with one attached hydrogen (secondary N) is 1. The summed E-state index contributed by atoms with van der Waals surface area (Å²) in [4.78, 5) is 16.5. The average molecular weight is 349 g/mol. The number of carbonyl (C=O) groups is 1. The van der Waals surface area contributed by atoms with Gasteiger partial charge in [0, 0.05) is 32.7 Å². The third-order valence-corrected chi connectivity index (χ3v) is 4.47. The van der Waals surface area contributed by atoms with Crippen molar-refractivity contribution in [2.24, 2.45) is 0 Å². The Bertz CT molecular complexity index is 563. The summed E-state index contributed by atoms with van der Waals surface area (Å²) in [5, 5.41) is 3.00. The first-order valence-corrected chi connectivity index (χ1v) is 8.97. The van der Waals surface area contributed by atoms with Gasteiger partial charge in [-0.1, -0.05) is 12.1 Å². The summed E-state index contributed by atoms with van der Waals surface area (Å²) < 4.78 is 17.0. The molecule has 0 spiro atoms. The zero-order valence-corrected chi connectivity index (χ0v) is 14.8. The van der Waals surface area contributed by atoms with E-state index in [0.29, 0.717) is 26.2 Å². The molecule has 2 aliphatic rings. The number of rotatable bonds is 6. The number of urea groups is 1. The van der Waals surface area contributed by atoms with Crippen LogP contribution in [0, 0.1) is 0 Å². The minimum Gasteiger partial charge on any atom is -0.486 e. The summed E-state index contributed by atoms with van der Waals surface area (Å²) in [6.07, 6.45) is -0.153. The molecule has 0 aromatic heterocycles. The fraction of sp³-hybridized carbons (Fsp3) is 0.611. The highest BCUT2D eigenvalue weighted by atomic mass is 16.6.